The first-order chi connectivity index (χ1) is 14.9. The van der Waals surface area contributed by atoms with Gasteiger partial charge in [0, 0.05) is 11.0 Å². The molecule has 2 amide bonds. The Kier molecular flexibility index (Phi) is 7.84. The van der Waals surface area contributed by atoms with E-state index in [4.69, 9.17) is 4.74 Å². The Morgan fingerprint density at radius 2 is 1.61 bits per heavy atom. The molecule has 0 fully saturated rings. The van der Waals surface area contributed by atoms with Crippen molar-refractivity contribution < 1.29 is 14.3 Å². The van der Waals surface area contributed by atoms with Crippen LogP contribution in [0, 0.1) is 5.92 Å². The Hall–Kier alpha value is -3.12. The van der Waals surface area contributed by atoms with Crippen LogP contribution in [-0.4, -0.2) is 18.4 Å². The summed E-state index contributed by atoms with van der Waals surface area (Å²) in [7, 11) is 0. The van der Waals surface area contributed by atoms with E-state index < -0.39 is 0 Å². The van der Waals surface area contributed by atoms with Crippen LogP contribution in [-0.2, 0) is 6.54 Å². The van der Waals surface area contributed by atoms with Gasteiger partial charge in [-0.2, -0.15) is 0 Å². The van der Waals surface area contributed by atoms with Crippen molar-refractivity contribution in [2.45, 2.75) is 20.4 Å². The minimum Gasteiger partial charge on any atom is -0.492 e. The molecule has 5 nitrogen and oxygen atoms in total. The summed E-state index contributed by atoms with van der Waals surface area (Å²) in [5.74, 6) is 0.225. The van der Waals surface area contributed by atoms with E-state index >= 15 is 0 Å². The lowest BCUT2D eigenvalue weighted by Gasteiger charge is -2.15. The molecular weight excluding hydrogens is 456 g/mol. The van der Waals surface area contributed by atoms with Crippen molar-refractivity contribution in [1.29, 1.82) is 0 Å². The van der Waals surface area contributed by atoms with Gasteiger partial charge in [0.15, 0.2) is 0 Å². The number of nitrogens with one attached hydrogen (secondary N) is 2. The average molecular weight is 481 g/mol. The van der Waals surface area contributed by atoms with E-state index in [1.165, 1.54) is 0 Å². The molecule has 2 N–H and O–H groups in total. The fourth-order valence-electron chi connectivity index (χ4n) is 2.92. The molecule has 6 heteroatoms. The fourth-order valence-corrected chi connectivity index (χ4v) is 3.28. The second-order valence-corrected chi connectivity index (χ2v) is 8.43. The van der Waals surface area contributed by atoms with Crippen LogP contribution in [0.3, 0.4) is 0 Å². The lowest BCUT2D eigenvalue weighted by atomic mass is 10.1. The molecule has 0 heterocycles. The van der Waals surface area contributed by atoms with E-state index in [-0.39, 0.29) is 11.8 Å². The molecule has 0 saturated carbocycles. The van der Waals surface area contributed by atoms with E-state index in [1.807, 2.05) is 50.2 Å². The van der Waals surface area contributed by atoms with Crippen molar-refractivity contribution in [1.82, 2.24) is 5.32 Å². The van der Waals surface area contributed by atoms with E-state index in [0.29, 0.717) is 41.6 Å². The smallest absolute Gasteiger partial charge is 0.259 e. The number of hydrogen-bond acceptors (Lipinski definition) is 3. The minimum atomic E-state index is -0.344. The highest BCUT2D eigenvalue weighted by atomic mass is 79.9. The molecule has 0 aliphatic heterocycles. The van der Waals surface area contributed by atoms with Crippen molar-refractivity contribution in [3.63, 3.8) is 0 Å². The van der Waals surface area contributed by atoms with Crippen LogP contribution in [0.4, 0.5) is 5.69 Å². The molecule has 0 bridgehead atoms. The van der Waals surface area contributed by atoms with Crippen LogP contribution in [0.2, 0.25) is 0 Å². The van der Waals surface area contributed by atoms with Crippen molar-refractivity contribution in [2.75, 3.05) is 11.9 Å². The fraction of sp³-hybridized carbons (Fsp3) is 0.200. The van der Waals surface area contributed by atoms with Gasteiger partial charge in [0.1, 0.15) is 5.75 Å². The quantitative estimate of drug-likeness (QED) is 0.436. The topological polar surface area (TPSA) is 67.4 Å². The van der Waals surface area contributed by atoms with E-state index in [0.717, 1.165) is 10.0 Å². The summed E-state index contributed by atoms with van der Waals surface area (Å²) in [5.41, 5.74) is 2.23. The molecule has 3 aromatic rings. The van der Waals surface area contributed by atoms with E-state index in [2.05, 4.69) is 26.6 Å². The summed E-state index contributed by atoms with van der Waals surface area (Å²) >= 11 is 3.41. The third-order valence-corrected chi connectivity index (χ3v) is 4.97. The Labute approximate surface area is 191 Å². The first-order valence-electron chi connectivity index (χ1n) is 10.1. The third-order valence-electron chi connectivity index (χ3n) is 4.47. The van der Waals surface area contributed by atoms with Gasteiger partial charge in [-0.1, -0.05) is 72.2 Å². The Morgan fingerprint density at radius 1 is 0.903 bits per heavy atom. The summed E-state index contributed by atoms with van der Waals surface area (Å²) in [6.45, 7) is 4.99. The normalized spacial score (nSPS) is 10.6. The van der Waals surface area contributed by atoms with Gasteiger partial charge in [-0.05, 0) is 41.8 Å². The standard InChI is InChI=1S/C25H25BrN2O3/c1-17(2)16-31-23-13-12-19(26)14-21(23)25(30)28-22-11-7-6-10-20(22)24(29)27-15-18-8-4-3-5-9-18/h3-14,17H,15-16H2,1-2H3,(H,27,29)(H,28,30). The van der Waals surface area contributed by atoms with Gasteiger partial charge in [0.2, 0.25) is 0 Å². The zero-order valence-corrected chi connectivity index (χ0v) is 19.1. The highest BCUT2D eigenvalue weighted by Crippen LogP contribution is 2.26. The summed E-state index contributed by atoms with van der Waals surface area (Å²) in [6, 6.07) is 21.9. The summed E-state index contributed by atoms with van der Waals surface area (Å²) in [4.78, 5) is 25.8. The zero-order chi connectivity index (χ0) is 22.2. The molecule has 160 valence electrons. The highest BCUT2D eigenvalue weighted by Gasteiger charge is 2.18. The minimum absolute atomic E-state index is 0.259. The van der Waals surface area contributed by atoms with Crippen molar-refractivity contribution >= 4 is 33.4 Å². The van der Waals surface area contributed by atoms with Gasteiger partial charge in [-0.25, -0.2) is 0 Å². The second kappa shape index (κ2) is 10.8. The molecule has 0 aromatic heterocycles. The lowest BCUT2D eigenvalue weighted by Crippen LogP contribution is -2.25. The maximum atomic E-state index is 13.0. The molecule has 0 aliphatic carbocycles. The Bertz CT molecular complexity index is 1050. The van der Waals surface area contributed by atoms with Gasteiger partial charge < -0.3 is 15.4 Å². The molecule has 0 aliphatic rings. The number of para-hydroxylation sites is 1. The maximum absolute atomic E-state index is 13.0. The van der Waals surface area contributed by atoms with Crippen LogP contribution in [0.5, 0.6) is 5.75 Å². The molecule has 3 rings (SSSR count). The van der Waals surface area contributed by atoms with Crippen molar-refractivity contribution in [3.8, 4) is 5.75 Å². The van der Waals surface area contributed by atoms with Gasteiger partial charge in [-0.3, -0.25) is 9.59 Å². The number of benzene rings is 3. The second-order valence-electron chi connectivity index (χ2n) is 7.51. The summed E-state index contributed by atoms with van der Waals surface area (Å²) in [6.07, 6.45) is 0. The lowest BCUT2D eigenvalue weighted by molar-refractivity contribution is 0.0952. The van der Waals surface area contributed by atoms with Crippen LogP contribution >= 0.6 is 15.9 Å². The molecule has 0 saturated heterocycles. The highest BCUT2D eigenvalue weighted by molar-refractivity contribution is 9.10. The largest absolute Gasteiger partial charge is 0.492 e. The van der Waals surface area contributed by atoms with Gasteiger partial charge >= 0.3 is 0 Å². The molecule has 0 radical (unpaired) electrons. The Morgan fingerprint density at radius 3 is 2.35 bits per heavy atom. The predicted molar refractivity (Wildman–Crippen MR) is 126 cm³/mol. The molecular formula is C25H25BrN2O3. The zero-order valence-electron chi connectivity index (χ0n) is 17.5. The average Bonchev–Trinajstić information content (AvgIpc) is 2.77. The van der Waals surface area contributed by atoms with Crippen LogP contribution < -0.4 is 15.4 Å². The number of carbonyl (C=O) groups excluding carboxylic acids is 2. The number of ether oxygens (including phenoxy) is 1. The molecule has 3 aromatic carbocycles. The molecule has 31 heavy (non-hydrogen) atoms. The SMILES string of the molecule is CC(C)COc1ccc(Br)cc1C(=O)Nc1ccccc1C(=O)NCc1ccccc1. The maximum Gasteiger partial charge on any atom is 0.259 e. The van der Waals surface area contributed by atoms with E-state index in [1.54, 1.807) is 36.4 Å². The number of halogens is 1. The number of amides is 2. The van der Waals surface area contributed by atoms with Gasteiger partial charge in [0.25, 0.3) is 11.8 Å². The molecule has 0 atom stereocenters. The molecule has 0 spiro atoms. The number of carbonyl (C=O) groups is 2. The number of hydrogen-bond donors (Lipinski definition) is 2. The summed E-state index contributed by atoms with van der Waals surface area (Å²) in [5, 5.41) is 5.76. The molecule has 0 unspecified atom stereocenters. The number of anilines is 1. The van der Waals surface area contributed by atoms with E-state index in [9.17, 15) is 9.59 Å². The number of rotatable bonds is 8. The third kappa shape index (κ3) is 6.43. The first kappa shape index (κ1) is 22.6. The van der Waals surface area contributed by atoms with Crippen molar-refractivity contribution in [2.24, 2.45) is 5.92 Å². The first-order valence-corrected chi connectivity index (χ1v) is 10.9. The van der Waals surface area contributed by atoms with Crippen LogP contribution in [0.1, 0.15) is 40.1 Å². The van der Waals surface area contributed by atoms with Crippen molar-refractivity contribution in [3.05, 3.63) is 94.0 Å². The summed E-state index contributed by atoms with van der Waals surface area (Å²) < 4.78 is 6.58. The predicted octanol–water partition coefficient (Wildman–Crippen LogP) is 5.67. The van der Waals surface area contributed by atoms with Crippen LogP contribution in [0.25, 0.3) is 0 Å². The van der Waals surface area contributed by atoms with Gasteiger partial charge in [-0.15, -0.1) is 0 Å². The van der Waals surface area contributed by atoms with Crippen LogP contribution in [0.15, 0.2) is 77.3 Å². The monoisotopic (exact) mass is 480 g/mol. The van der Waals surface area contributed by atoms with Gasteiger partial charge in [0.05, 0.1) is 23.4 Å². The Balaban J connectivity index is 1.77.